The maximum Gasteiger partial charge on any atom is 0.326 e. The SMILES string of the molecule is CC(C)C[C@H](NC(=O)[C@@H](N)CCCCN)C(=O)N[C@@H](CCCCN)C(=O)O.Cl.Cl.Cl. The Labute approximate surface area is 198 Å². The summed E-state index contributed by atoms with van der Waals surface area (Å²) < 4.78 is 0. The van der Waals surface area contributed by atoms with Gasteiger partial charge in [0.1, 0.15) is 12.1 Å². The minimum absolute atomic E-state index is 0. The monoisotopic (exact) mass is 495 g/mol. The number of carbonyl (C=O) groups excluding carboxylic acids is 2. The van der Waals surface area contributed by atoms with E-state index in [1.807, 2.05) is 13.8 Å². The number of hydrogen-bond acceptors (Lipinski definition) is 6. The van der Waals surface area contributed by atoms with E-state index in [-0.39, 0.29) is 43.1 Å². The highest BCUT2D eigenvalue weighted by Gasteiger charge is 2.28. The van der Waals surface area contributed by atoms with Crippen LogP contribution < -0.4 is 27.8 Å². The molecule has 0 aromatic rings. The number of aliphatic carboxylic acids is 1. The van der Waals surface area contributed by atoms with Crippen LogP contribution in [0.4, 0.5) is 0 Å². The molecular formula is C18H40Cl3N5O4. The summed E-state index contributed by atoms with van der Waals surface area (Å²) in [6, 6.07) is -2.55. The molecule has 0 heterocycles. The van der Waals surface area contributed by atoms with Crippen LogP contribution in [0.2, 0.25) is 0 Å². The van der Waals surface area contributed by atoms with E-state index in [1.54, 1.807) is 0 Å². The lowest BCUT2D eigenvalue weighted by atomic mass is 10.0. The molecule has 0 aromatic carbocycles. The summed E-state index contributed by atoms with van der Waals surface area (Å²) in [4.78, 5) is 36.2. The van der Waals surface area contributed by atoms with Gasteiger partial charge < -0.3 is 32.9 Å². The largest absolute Gasteiger partial charge is 0.480 e. The molecule has 0 aromatic heterocycles. The second-order valence-corrected chi connectivity index (χ2v) is 7.27. The van der Waals surface area contributed by atoms with E-state index >= 15 is 0 Å². The van der Waals surface area contributed by atoms with Crippen molar-refractivity contribution in [3.8, 4) is 0 Å². The summed E-state index contributed by atoms with van der Waals surface area (Å²) >= 11 is 0. The Bertz CT molecular complexity index is 473. The number of carboxylic acids is 1. The third-order valence-electron chi connectivity index (χ3n) is 4.21. The molecular weight excluding hydrogens is 457 g/mol. The minimum Gasteiger partial charge on any atom is -0.480 e. The van der Waals surface area contributed by atoms with Gasteiger partial charge in [0.15, 0.2) is 0 Å². The lowest BCUT2D eigenvalue weighted by Gasteiger charge is -2.24. The number of nitrogens with two attached hydrogens (primary N) is 3. The number of carbonyl (C=O) groups is 3. The van der Waals surface area contributed by atoms with Gasteiger partial charge in [-0.3, -0.25) is 9.59 Å². The summed E-state index contributed by atoms with van der Waals surface area (Å²) in [5.41, 5.74) is 16.7. The molecule has 12 heteroatoms. The van der Waals surface area contributed by atoms with Gasteiger partial charge in [0, 0.05) is 0 Å². The number of carboxylic acid groups (broad SMARTS) is 1. The molecule has 182 valence electrons. The molecule has 0 aliphatic carbocycles. The molecule has 0 spiro atoms. The van der Waals surface area contributed by atoms with Crippen LogP contribution in [0.1, 0.15) is 58.8 Å². The second-order valence-electron chi connectivity index (χ2n) is 7.27. The zero-order valence-corrected chi connectivity index (χ0v) is 20.3. The van der Waals surface area contributed by atoms with Gasteiger partial charge in [-0.25, -0.2) is 4.79 Å². The van der Waals surface area contributed by atoms with Crippen molar-refractivity contribution >= 4 is 55.0 Å². The zero-order chi connectivity index (χ0) is 20.8. The van der Waals surface area contributed by atoms with Crippen LogP contribution in [0.15, 0.2) is 0 Å². The maximum absolute atomic E-state index is 12.6. The molecule has 9 nitrogen and oxygen atoms in total. The summed E-state index contributed by atoms with van der Waals surface area (Å²) in [5, 5.41) is 14.5. The van der Waals surface area contributed by atoms with Crippen LogP contribution in [0.5, 0.6) is 0 Å². The Morgan fingerprint density at radius 2 is 1.27 bits per heavy atom. The summed E-state index contributed by atoms with van der Waals surface area (Å²) in [5.74, 6) is -1.89. The van der Waals surface area contributed by atoms with Gasteiger partial charge in [-0.15, -0.1) is 37.2 Å². The highest BCUT2D eigenvalue weighted by atomic mass is 35.5. The van der Waals surface area contributed by atoms with E-state index < -0.39 is 35.9 Å². The fourth-order valence-corrected chi connectivity index (χ4v) is 2.64. The average Bonchev–Trinajstić information content (AvgIpc) is 2.59. The first-order valence-corrected chi connectivity index (χ1v) is 9.72. The smallest absolute Gasteiger partial charge is 0.326 e. The Hall–Kier alpha value is -0.840. The van der Waals surface area contributed by atoms with Crippen LogP contribution in [0, 0.1) is 5.92 Å². The molecule has 0 aliphatic rings. The first-order chi connectivity index (χ1) is 12.7. The molecule has 30 heavy (non-hydrogen) atoms. The molecule has 0 fully saturated rings. The van der Waals surface area contributed by atoms with Crippen LogP contribution in [0.3, 0.4) is 0 Å². The van der Waals surface area contributed by atoms with Gasteiger partial charge in [0.25, 0.3) is 0 Å². The number of nitrogens with one attached hydrogen (secondary N) is 2. The van der Waals surface area contributed by atoms with E-state index in [1.165, 1.54) is 0 Å². The fourth-order valence-electron chi connectivity index (χ4n) is 2.64. The third-order valence-corrected chi connectivity index (χ3v) is 4.21. The van der Waals surface area contributed by atoms with E-state index in [0.717, 1.165) is 12.8 Å². The van der Waals surface area contributed by atoms with Gasteiger partial charge in [0.2, 0.25) is 11.8 Å². The van der Waals surface area contributed by atoms with Gasteiger partial charge in [0.05, 0.1) is 6.04 Å². The zero-order valence-electron chi connectivity index (χ0n) is 17.8. The molecule has 3 atom stereocenters. The Kier molecular flexibility index (Phi) is 26.0. The summed E-state index contributed by atoms with van der Waals surface area (Å²) in [6.07, 6.45) is 3.95. The van der Waals surface area contributed by atoms with E-state index in [4.69, 9.17) is 17.2 Å². The third kappa shape index (κ3) is 16.9. The van der Waals surface area contributed by atoms with Crippen molar-refractivity contribution < 1.29 is 19.5 Å². The van der Waals surface area contributed by atoms with Gasteiger partial charge in [-0.05, 0) is 57.5 Å². The Morgan fingerprint density at radius 1 is 0.800 bits per heavy atom. The van der Waals surface area contributed by atoms with Crippen molar-refractivity contribution in [1.29, 1.82) is 0 Å². The molecule has 9 N–H and O–H groups in total. The molecule has 0 aliphatic heterocycles. The summed E-state index contributed by atoms with van der Waals surface area (Å²) in [6.45, 7) is 4.84. The van der Waals surface area contributed by atoms with Gasteiger partial charge >= 0.3 is 5.97 Å². The number of halogens is 3. The molecule has 0 bridgehead atoms. The molecule has 0 radical (unpaired) electrons. The molecule has 0 rings (SSSR count). The summed E-state index contributed by atoms with van der Waals surface area (Å²) in [7, 11) is 0. The number of hydrogen-bond donors (Lipinski definition) is 6. The number of amides is 2. The lowest BCUT2D eigenvalue weighted by Crippen LogP contribution is -2.54. The van der Waals surface area contributed by atoms with Crippen molar-refractivity contribution in [2.75, 3.05) is 13.1 Å². The van der Waals surface area contributed by atoms with Crippen molar-refractivity contribution in [3.05, 3.63) is 0 Å². The highest BCUT2D eigenvalue weighted by molar-refractivity contribution is 5.91. The van der Waals surface area contributed by atoms with Crippen LogP contribution in [0.25, 0.3) is 0 Å². The van der Waals surface area contributed by atoms with Gasteiger partial charge in [-0.1, -0.05) is 20.3 Å². The number of rotatable bonds is 15. The van der Waals surface area contributed by atoms with Crippen molar-refractivity contribution in [2.24, 2.45) is 23.1 Å². The Morgan fingerprint density at radius 3 is 1.70 bits per heavy atom. The Balaban J connectivity index is -0.00000113. The predicted octanol–water partition coefficient (Wildman–Crippen LogP) is 0.937. The topological polar surface area (TPSA) is 174 Å². The normalized spacial score (nSPS) is 13.0. The van der Waals surface area contributed by atoms with Crippen molar-refractivity contribution in [1.82, 2.24) is 10.6 Å². The molecule has 0 saturated heterocycles. The quantitative estimate of drug-likeness (QED) is 0.183. The van der Waals surface area contributed by atoms with Crippen LogP contribution in [-0.2, 0) is 14.4 Å². The second kappa shape index (κ2) is 21.4. The minimum atomic E-state index is -1.10. The van der Waals surface area contributed by atoms with E-state index in [9.17, 15) is 19.5 Å². The van der Waals surface area contributed by atoms with Gasteiger partial charge in [-0.2, -0.15) is 0 Å². The average molecular weight is 497 g/mol. The lowest BCUT2D eigenvalue weighted by molar-refractivity contribution is -0.142. The molecule has 0 unspecified atom stereocenters. The highest BCUT2D eigenvalue weighted by Crippen LogP contribution is 2.08. The van der Waals surface area contributed by atoms with Crippen LogP contribution >= 0.6 is 37.2 Å². The number of unbranched alkanes of at least 4 members (excludes halogenated alkanes) is 2. The first-order valence-electron chi connectivity index (χ1n) is 9.72. The van der Waals surface area contributed by atoms with E-state index in [0.29, 0.717) is 45.2 Å². The first kappa shape index (κ1) is 36.5. The predicted molar refractivity (Wildman–Crippen MR) is 126 cm³/mol. The van der Waals surface area contributed by atoms with Crippen molar-refractivity contribution in [2.45, 2.75) is 76.9 Å². The fraction of sp³-hybridized carbons (Fsp3) is 0.833. The maximum atomic E-state index is 12.6. The molecule has 2 amide bonds. The van der Waals surface area contributed by atoms with E-state index in [2.05, 4.69) is 10.6 Å². The standard InChI is InChI=1S/C18H37N5O4.3ClH/c1-12(2)11-15(23-16(24)13(21)7-3-5-9-19)17(25)22-14(18(26)27)8-4-6-10-20;;;/h12-15H,3-11,19-21H2,1-2H3,(H,22,25)(H,23,24)(H,26,27);3*1H/t13-,14-,15-;;;/m0.../s1. The molecule has 0 saturated carbocycles. The van der Waals surface area contributed by atoms with Crippen molar-refractivity contribution in [3.63, 3.8) is 0 Å². The van der Waals surface area contributed by atoms with Crippen LogP contribution in [-0.4, -0.2) is 54.1 Å².